The molecule has 1 unspecified atom stereocenters. The van der Waals surface area contributed by atoms with Crippen LogP contribution in [0.2, 0.25) is 0 Å². The molecule has 19 heavy (non-hydrogen) atoms. The first-order valence-electron chi connectivity index (χ1n) is 5.46. The lowest BCUT2D eigenvalue weighted by Crippen LogP contribution is -2.34. The number of sulfone groups is 1. The standard InChI is InChI=1S/C11H10Br3NO3S/c1-5-2-3-15-11(16)6-4-7(12)8(13)9(14)10(6)19(5,17)18/h4-5H,2-3H2,1H3,(H,15,16). The van der Waals surface area contributed by atoms with Crippen LogP contribution in [0.1, 0.15) is 23.7 Å². The normalized spacial score (nSPS) is 22.1. The van der Waals surface area contributed by atoms with Crippen molar-refractivity contribution in [2.45, 2.75) is 23.5 Å². The van der Waals surface area contributed by atoms with Crippen LogP contribution in [0.3, 0.4) is 0 Å². The molecular formula is C11H10Br3NO3S. The number of carbonyl (C=O) groups excluding carboxylic acids is 1. The van der Waals surface area contributed by atoms with Crippen LogP contribution in [-0.4, -0.2) is 26.1 Å². The predicted octanol–water partition coefficient (Wildman–Crippen LogP) is 3.27. The van der Waals surface area contributed by atoms with Crippen molar-refractivity contribution in [3.8, 4) is 0 Å². The van der Waals surface area contributed by atoms with Gasteiger partial charge in [0.25, 0.3) is 5.91 Å². The van der Waals surface area contributed by atoms with Crippen molar-refractivity contribution in [3.05, 3.63) is 25.0 Å². The first-order chi connectivity index (χ1) is 8.76. The average Bonchev–Trinajstić information content (AvgIpc) is 2.33. The molecule has 8 heteroatoms. The van der Waals surface area contributed by atoms with E-state index in [4.69, 9.17) is 0 Å². The van der Waals surface area contributed by atoms with Crippen LogP contribution in [0.25, 0.3) is 0 Å². The fourth-order valence-electron chi connectivity index (χ4n) is 1.87. The van der Waals surface area contributed by atoms with E-state index in [0.717, 1.165) is 0 Å². The Hall–Kier alpha value is 0.0800. The minimum absolute atomic E-state index is 0.0484. The third kappa shape index (κ3) is 2.64. The van der Waals surface area contributed by atoms with Gasteiger partial charge in [-0.2, -0.15) is 0 Å². The number of halogens is 3. The van der Waals surface area contributed by atoms with Crippen LogP contribution in [0.5, 0.6) is 0 Å². The van der Waals surface area contributed by atoms with Gasteiger partial charge in [-0.15, -0.1) is 0 Å². The van der Waals surface area contributed by atoms with Gasteiger partial charge >= 0.3 is 0 Å². The molecule has 0 fully saturated rings. The predicted molar refractivity (Wildman–Crippen MR) is 83.1 cm³/mol. The minimum atomic E-state index is -3.54. The van der Waals surface area contributed by atoms with E-state index < -0.39 is 15.1 Å². The fraction of sp³-hybridized carbons (Fsp3) is 0.364. The molecule has 1 aromatic carbocycles. The second kappa shape index (κ2) is 5.46. The van der Waals surface area contributed by atoms with Gasteiger partial charge in [0.1, 0.15) is 0 Å². The Kier molecular flexibility index (Phi) is 4.45. The Labute approximate surface area is 136 Å². The Bertz CT molecular complexity index is 658. The van der Waals surface area contributed by atoms with Gasteiger partial charge in [-0.25, -0.2) is 8.42 Å². The van der Waals surface area contributed by atoms with E-state index in [1.807, 2.05) is 0 Å². The maximum Gasteiger partial charge on any atom is 0.252 e. The molecular weight excluding hydrogens is 466 g/mol. The highest BCUT2D eigenvalue weighted by molar-refractivity contribution is 9.14. The summed E-state index contributed by atoms with van der Waals surface area (Å²) in [6.45, 7) is 2.00. The van der Waals surface area contributed by atoms with Crippen molar-refractivity contribution >= 4 is 63.5 Å². The summed E-state index contributed by atoms with van der Waals surface area (Å²) < 4.78 is 26.7. The number of nitrogens with one attached hydrogen (secondary N) is 1. The van der Waals surface area contributed by atoms with E-state index in [2.05, 4.69) is 53.1 Å². The van der Waals surface area contributed by atoms with E-state index in [0.29, 0.717) is 26.4 Å². The molecule has 1 amide bonds. The topological polar surface area (TPSA) is 63.2 Å². The summed E-state index contributed by atoms with van der Waals surface area (Å²) >= 11 is 9.88. The summed E-state index contributed by atoms with van der Waals surface area (Å²) in [5, 5.41) is 2.18. The zero-order valence-electron chi connectivity index (χ0n) is 9.84. The van der Waals surface area contributed by atoms with Crippen molar-refractivity contribution in [1.82, 2.24) is 5.32 Å². The lowest BCUT2D eigenvalue weighted by molar-refractivity contribution is 0.0948. The molecule has 1 aliphatic rings. The first-order valence-corrected chi connectivity index (χ1v) is 9.39. The summed E-state index contributed by atoms with van der Waals surface area (Å²) in [5.41, 5.74) is 0.161. The summed E-state index contributed by atoms with van der Waals surface area (Å²) in [6, 6.07) is 1.52. The summed E-state index contributed by atoms with van der Waals surface area (Å²) in [6.07, 6.45) is 0.396. The SMILES string of the molecule is CC1CCNC(=O)c2cc(Br)c(Br)c(Br)c2S1(=O)=O. The van der Waals surface area contributed by atoms with Crippen molar-refractivity contribution in [1.29, 1.82) is 0 Å². The maximum atomic E-state index is 12.6. The lowest BCUT2D eigenvalue weighted by atomic mass is 10.2. The number of fused-ring (bicyclic) bond motifs is 1. The molecule has 0 aromatic heterocycles. The second-order valence-electron chi connectivity index (χ2n) is 4.26. The van der Waals surface area contributed by atoms with Crippen molar-refractivity contribution in [2.24, 2.45) is 0 Å². The average molecular weight is 476 g/mol. The Morgan fingerprint density at radius 1 is 1.26 bits per heavy atom. The number of carbonyl (C=O) groups is 1. The zero-order valence-corrected chi connectivity index (χ0v) is 15.4. The van der Waals surface area contributed by atoms with Crippen molar-refractivity contribution in [2.75, 3.05) is 6.54 Å². The van der Waals surface area contributed by atoms with Crippen molar-refractivity contribution in [3.63, 3.8) is 0 Å². The van der Waals surface area contributed by atoms with Crippen LogP contribution >= 0.6 is 47.8 Å². The zero-order chi connectivity index (χ0) is 14.4. The second-order valence-corrected chi connectivity index (χ2v) is 9.01. The summed E-state index contributed by atoms with van der Waals surface area (Å²) in [7, 11) is -3.54. The van der Waals surface area contributed by atoms with Gasteiger partial charge in [0.05, 0.1) is 20.2 Å². The molecule has 0 spiro atoms. The van der Waals surface area contributed by atoms with E-state index in [-0.39, 0.29) is 16.4 Å². The molecule has 1 heterocycles. The highest BCUT2D eigenvalue weighted by Gasteiger charge is 2.34. The smallest absolute Gasteiger partial charge is 0.252 e. The summed E-state index contributed by atoms with van der Waals surface area (Å²) in [5.74, 6) is -0.376. The van der Waals surface area contributed by atoms with Crippen molar-refractivity contribution < 1.29 is 13.2 Å². The van der Waals surface area contributed by atoms with Gasteiger partial charge in [-0.3, -0.25) is 4.79 Å². The van der Waals surface area contributed by atoms with Crippen LogP contribution in [-0.2, 0) is 9.84 Å². The van der Waals surface area contributed by atoms with Crippen LogP contribution < -0.4 is 5.32 Å². The van der Waals surface area contributed by atoms with Gasteiger partial charge < -0.3 is 5.32 Å². The minimum Gasteiger partial charge on any atom is -0.352 e. The van der Waals surface area contributed by atoms with E-state index in [1.165, 1.54) is 6.07 Å². The van der Waals surface area contributed by atoms with Gasteiger partial charge in [0, 0.05) is 15.5 Å². The quantitative estimate of drug-likeness (QED) is 0.586. The molecule has 0 aliphatic carbocycles. The van der Waals surface area contributed by atoms with E-state index in [9.17, 15) is 13.2 Å². The molecule has 0 radical (unpaired) electrons. The van der Waals surface area contributed by atoms with E-state index in [1.54, 1.807) is 6.92 Å². The van der Waals surface area contributed by atoms with Crippen LogP contribution in [0.4, 0.5) is 0 Å². The number of hydrogen-bond acceptors (Lipinski definition) is 3. The number of hydrogen-bond donors (Lipinski definition) is 1. The Morgan fingerprint density at radius 3 is 2.53 bits per heavy atom. The molecule has 1 aromatic rings. The largest absolute Gasteiger partial charge is 0.352 e. The number of benzene rings is 1. The molecule has 1 aliphatic heterocycles. The van der Waals surface area contributed by atoms with E-state index >= 15 is 0 Å². The summed E-state index contributed by atoms with van der Waals surface area (Å²) in [4.78, 5) is 12.1. The van der Waals surface area contributed by atoms with Gasteiger partial charge in [-0.05, 0) is 67.2 Å². The fourth-order valence-corrected chi connectivity index (χ4v) is 5.75. The number of rotatable bonds is 0. The van der Waals surface area contributed by atoms with Gasteiger partial charge in [-0.1, -0.05) is 0 Å². The third-order valence-electron chi connectivity index (χ3n) is 3.01. The maximum absolute atomic E-state index is 12.6. The molecule has 0 saturated carbocycles. The van der Waals surface area contributed by atoms with Crippen LogP contribution in [0, 0.1) is 0 Å². The Morgan fingerprint density at radius 2 is 1.89 bits per heavy atom. The molecule has 1 atom stereocenters. The van der Waals surface area contributed by atoms with Gasteiger partial charge in [0.2, 0.25) is 0 Å². The molecule has 2 rings (SSSR count). The third-order valence-corrected chi connectivity index (χ3v) is 8.87. The highest BCUT2D eigenvalue weighted by atomic mass is 79.9. The molecule has 4 nitrogen and oxygen atoms in total. The molecule has 1 N–H and O–H groups in total. The molecule has 0 saturated heterocycles. The molecule has 0 bridgehead atoms. The first kappa shape index (κ1) is 15.5. The Balaban J connectivity index is 2.87. The highest BCUT2D eigenvalue weighted by Crippen LogP contribution is 2.40. The van der Waals surface area contributed by atoms with Crippen LogP contribution in [0.15, 0.2) is 24.4 Å². The molecule has 104 valence electrons. The monoisotopic (exact) mass is 473 g/mol. The van der Waals surface area contributed by atoms with Gasteiger partial charge in [0.15, 0.2) is 9.84 Å². The number of amides is 1. The lowest BCUT2D eigenvalue weighted by Gasteiger charge is -2.21.